The molecule has 77 valence electrons. The first-order chi connectivity index (χ1) is 6.92. The molecule has 2 heterocycles. The number of aromatic nitrogens is 3. The van der Waals surface area contributed by atoms with E-state index in [0.717, 1.165) is 6.42 Å². The Labute approximate surface area is 84.9 Å². The fraction of sp³-hybridized carbons (Fsp3) is 0.700. The van der Waals surface area contributed by atoms with Crippen LogP contribution in [0, 0.1) is 6.17 Å². The van der Waals surface area contributed by atoms with Gasteiger partial charge in [-0.2, -0.15) is 0 Å². The third-order valence-corrected chi connectivity index (χ3v) is 2.72. The molecule has 2 rings (SSSR count). The smallest absolute Gasteiger partial charge is 0.155 e. The summed E-state index contributed by atoms with van der Waals surface area (Å²) in [5.41, 5.74) is 0. The van der Waals surface area contributed by atoms with E-state index in [9.17, 15) is 0 Å². The average molecular weight is 193 g/mol. The molecule has 4 nitrogen and oxygen atoms in total. The van der Waals surface area contributed by atoms with Gasteiger partial charge in [0.2, 0.25) is 0 Å². The Morgan fingerprint density at radius 1 is 1.29 bits per heavy atom. The van der Waals surface area contributed by atoms with Crippen LogP contribution in [0.5, 0.6) is 0 Å². The number of hydrogen-bond donors (Lipinski definition) is 0. The summed E-state index contributed by atoms with van der Waals surface area (Å²) in [5, 5.41) is 7.90. The summed E-state index contributed by atoms with van der Waals surface area (Å²) in [4.78, 5) is 2.43. The van der Waals surface area contributed by atoms with Crippen molar-refractivity contribution in [1.82, 2.24) is 19.9 Å². The van der Waals surface area contributed by atoms with Crippen LogP contribution in [-0.2, 0) is 0 Å². The SMILES string of the molecule is CC[C](N1CCCCC1)n1ccnn1. The predicted octanol–water partition coefficient (Wildman–Crippen LogP) is 1.51. The minimum absolute atomic E-state index is 1.02. The van der Waals surface area contributed by atoms with Crippen LogP contribution < -0.4 is 0 Å². The molecule has 0 aromatic carbocycles. The summed E-state index contributed by atoms with van der Waals surface area (Å²) >= 11 is 0. The lowest BCUT2D eigenvalue weighted by Crippen LogP contribution is -2.37. The van der Waals surface area contributed by atoms with E-state index < -0.39 is 0 Å². The largest absolute Gasteiger partial charge is 0.276 e. The lowest BCUT2D eigenvalue weighted by molar-refractivity contribution is 0.202. The number of hydrogen-bond acceptors (Lipinski definition) is 3. The van der Waals surface area contributed by atoms with Gasteiger partial charge in [-0.15, -0.1) is 5.10 Å². The summed E-state index contributed by atoms with van der Waals surface area (Å²) in [6.45, 7) is 4.51. The van der Waals surface area contributed by atoms with Gasteiger partial charge in [0.25, 0.3) is 0 Å². The maximum absolute atomic E-state index is 4.05. The molecule has 1 saturated heterocycles. The summed E-state index contributed by atoms with van der Waals surface area (Å²) in [6, 6.07) is 0. The van der Waals surface area contributed by atoms with Gasteiger partial charge < -0.3 is 0 Å². The third-order valence-electron chi connectivity index (χ3n) is 2.72. The van der Waals surface area contributed by atoms with Crippen LogP contribution in [0.15, 0.2) is 12.4 Å². The molecule has 1 aromatic rings. The van der Waals surface area contributed by atoms with Crippen LogP contribution in [0.25, 0.3) is 0 Å². The molecule has 0 bridgehead atoms. The lowest BCUT2D eigenvalue weighted by Gasteiger charge is -2.32. The molecule has 1 aromatic heterocycles. The van der Waals surface area contributed by atoms with Crippen molar-refractivity contribution in [3.05, 3.63) is 18.6 Å². The molecule has 0 spiro atoms. The van der Waals surface area contributed by atoms with Crippen LogP contribution in [0.1, 0.15) is 32.6 Å². The number of rotatable bonds is 3. The Bertz CT molecular complexity index is 251. The first-order valence-corrected chi connectivity index (χ1v) is 5.39. The third kappa shape index (κ3) is 1.95. The Kier molecular flexibility index (Phi) is 3.14. The van der Waals surface area contributed by atoms with E-state index in [1.165, 1.54) is 38.5 Å². The van der Waals surface area contributed by atoms with Gasteiger partial charge in [-0.1, -0.05) is 18.6 Å². The second-order valence-electron chi connectivity index (χ2n) is 3.67. The van der Waals surface area contributed by atoms with E-state index in [4.69, 9.17) is 0 Å². The van der Waals surface area contributed by atoms with Crippen molar-refractivity contribution in [2.24, 2.45) is 0 Å². The zero-order valence-electron chi connectivity index (χ0n) is 8.69. The van der Waals surface area contributed by atoms with Crippen molar-refractivity contribution in [3.8, 4) is 0 Å². The predicted molar refractivity (Wildman–Crippen MR) is 54.4 cm³/mol. The molecule has 14 heavy (non-hydrogen) atoms. The second-order valence-corrected chi connectivity index (χ2v) is 3.67. The monoisotopic (exact) mass is 193 g/mol. The molecule has 0 saturated carbocycles. The zero-order chi connectivity index (χ0) is 9.80. The highest BCUT2D eigenvalue weighted by Crippen LogP contribution is 2.19. The lowest BCUT2D eigenvalue weighted by atomic mass is 10.1. The highest BCUT2D eigenvalue weighted by molar-refractivity contribution is 4.91. The van der Waals surface area contributed by atoms with E-state index in [2.05, 4.69) is 22.1 Å². The molecule has 0 atom stereocenters. The Morgan fingerprint density at radius 3 is 2.64 bits per heavy atom. The molecule has 0 N–H and O–H groups in total. The number of piperidine rings is 1. The van der Waals surface area contributed by atoms with E-state index in [0.29, 0.717) is 0 Å². The fourth-order valence-electron chi connectivity index (χ4n) is 2.03. The molecular formula is C10H17N4. The Morgan fingerprint density at radius 2 is 2.07 bits per heavy atom. The van der Waals surface area contributed by atoms with E-state index in [1.807, 2.05) is 10.9 Å². The molecule has 0 unspecified atom stereocenters. The quantitative estimate of drug-likeness (QED) is 0.729. The van der Waals surface area contributed by atoms with E-state index >= 15 is 0 Å². The van der Waals surface area contributed by atoms with Gasteiger partial charge in [0.05, 0.1) is 6.20 Å². The van der Waals surface area contributed by atoms with Gasteiger partial charge in [-0.05, 0) is 19.3 Å². The van der Waals surface area contributed by atoms with Gasteiger partial charge in [0, 0.05) is 19.3 Å². The van der Waals surface area contributed by atoms with Crippen LogP contribution in [-0.4, -0.2) is 33.0 Å². The van der Waals surface area contributed by atoms with Gasteiger partial charge in [-0.3, -0.25) is 4.90 Å². The molecule has 0 amide bonds. The molecule has 1 aliphatic rings. The Hall–Kier alpha value is -0.900. The highest BCUT2D eigenvalue weighted by atomic mass is 15.5. The summed E-state index contributed by atoms with van der Waals surface area (Å²) in [5.74, 6) is 0. The van der Waals surface area contributed by atoms with Crippen molar-refractivity contribution in [2.75, 3.05) is 13.1 Å². The molecule has 1 radical (unpaired) electrons. The molecule has 4 heteroatoms. The molecular weight excluding hydrogens is 176 g/mol. The van der Waals surface area contributed by atoms with Crippen molar-refractivity contribution in [3.63, 3.8) is 0 Å². The fourth-order valence-corrected chi connectivity index (χ4v) is 2.03. The average Bonchev–Trinajstić information content (AvgIpc) is 2.74. The van der Waals surface area contributed by atoms with Crippen molar-refractivity contribution in [1.29, 1.82) is 0 Å². The zero-order valence-corrected chi connectivity index (χ0v) is 8.69. The van der Waals surface area contributed by atoms with Crippen molar-refractivity contribution < 1.29 is 0 Å². The highest BCUT2D eigenvalue weighted by Gasteiger charge is 2.21. The van der Waals surface area contributed by atoms with Crippen molar-refractivity contribution in [2.45, 2.75) is 32.6 Å². The number of likely N-dealkylation sites (tertiary alicyclic amines) is 1. The van der Waals surface area contributed by atoms with Gasteiger partial charge >= 0.3 is 0 Å². The Balaban J connectivity index is 2.04. The maximum Gasteiger partial charge on any atom is 0.155 e. The van der Waals surface area contributed by atoms with Gasteiger partial charge in [0.1, 0.15) is 0 Å². The van der Waals surface area contributed by atoms with E-state index in [1.54, 1.807) is 6.20 Å². The minimum Gasteiger partial charge on any atom is -0.276 e. The standard InChI is InChI=1S/C10H17N4/c1-2-10(14-9-6-11-12-14)13-7-4-3-5-8-13/h6,9H,2-5,7-8H2,1H3. The van der Waals surface area contributed by atoms with Gasteiger partial charge in [0.15, 0.2) is 6.17 Å². The minimum atomic E-state index is 1.02. The topological polar surface area (TPSA) is 34.0 Å². The first-order valence-electron chi connectivity index (χ1n) is 5.39. The molecule has 1 aliphatic heterocycles. The van der Waals surface area contributed by atoms with E-state index in [-0.39, 0.29) is 0 Å². The van der Waals surface area contributed by atoms with Crippen LogP contribution in [0.4, 0.5) is 0 Å². The van der Waals surface area contributed by atoms with Crippen LogP contribution in [0.3, 0.4) is 0 Å². The number of nitrogens with zero attached hydrogens (tertiary/aromatic N) is 4. The van der Waals surface area contributed by atoms with Crippen molar-refractivity contribution >= 4 is 0 Å². The first kappa shape index (κ1) is 9.65. The van der Waals surface area contributed by atoms with Crippen LogP contribution >= 0.6 is 0 Å². The second kappa shape index (κ2) is 4.55. The summed E-state index contributed by atoms with van der Waals surface area (Å²) in [6.07, 6.45) is 9.93. The maximum atomic E-state index is 4.05. The molecule has 1 fully saturated rings. The molecule has 0 aliphatic carbocycles. The van der Waals surface area contributed by atoms with Gasteiger partial charge in [-0.25, -0.2) is 4.68 Å². The summed E-state index contributed by atoms with van der Waals surface area (Å²) in [7, 11) is 0. The van der Waals surface area contributed by atoms with Crippen LogP contribution in [0.2, 0.25) is 0 Å². The normalized spacial score (nSPS) is 19.0. The summed E-state index contributed by atoms with van der Waals surface area (Å²) < 4.78 is 1.89.